The summed E-state index contributed by atoms with van der Waals surface area (Å²) in [5.41, 5.74) is 6.63. The molecular weight excluding hydrogens is 281 g/mol. The van der Waals surface area contributed by atoms with E-state index in [1.165, 1.54) is 26.0 Å². The van der Waals surface area contributed by atoms with E-state index in [0.29, 0.717) is 12.5 Å². The van der Waals surface area contributed by atoms with Crippen molar-refractivity contribution in [3.8, 4) is 5.75 Å². The van der Waals surface area contributed by atoms with Crippen molar-refractivity contribution in [3.63, 3.8) is 0 Å². The van der Waals surface area contributed by atoms with E-state index in [2.05, 4.69) is 31.1 Å². The molecular formula is C17H28FN3O. The van der Waals surface area contributed by atoms with Crippen LogP contribution in [0.3, 0.4) is 0 Å². The molecule has 0 aliphatic carbocycles. The lowest BCUT2D eigenvalue weighted by Crippen LogP contribution is -2.38. The fourth-order valence-corrected chi connectivity index (χ4v) is 2.19. The van der Waals surface area contributed by atoms with Crippen LogP contribution in [0, 0.1) is 11.7 Å². The van der Waals surface area contributed by atoms with E-state index >= 15 is 0 Å². The predicted octanol–water partition coefficient (Wildman–Crippen LogP) is 3.45. The summed E-state index contributed by atoms with van der Waals surface area (Å²) in [4.78, 5) is 4.25. The number of methoxy groups -OCH3 is 1. The van der Waals surface area contributed by atoms with Gasteiger partial charge >= 0.3 is 0 Å². The molecule has 0 radical (unpaired) electrons. The molecule has 0 saturated heterocycles. The first kappa shape index (κ1) is 18.3. The van der Waals surface area contributed by atoms with Gasteiger partial charge in [0.1, 0.15) is 0 Å². The molecule has 3 N–H and O–H groups in total. The Morgan fingerprint density at radius 1 is 1.32 bits per heavy atom. The van der Waals surface area contributed by atoms with Gasteiger partial charge in [0.25, 0.3) is 0 Å². The topological polar surface area (TPSA) is 59.6 Å². The average molecular weight is 309 g/mol. The Kier molecular flexibility index (Phi) is 7.71. The van der Waals surface area contributed by atoms with Gasteiger partial charge in [0.05, 0.1) is 13.7 Å². The first-order chi connectivity index (χ1) is 10.4. The Balaban J connectivity index is 2.43. The maximum Gasteiger partial charge on any atom is 0.189 e. The number of hydrogen-bond donors (Lipinski definition) is 2. The highest BCUT2D eigenvalue weighted by Crippen LogP contribution is 2.18. The molecule has 4 nitrogen and oxygen atoms in total. The number of guanidine groups is 1. The minimum Gasteiger partial charge on any atom is -0.494 e. The standard InChI is InChI=1S/C17H28FN3O/c1-12(2)6-5-7-13(3)21-17(19)20-11-14-8-9-16(22-4)15(18)10-14/h8-10,12-13H,5-7,11H2,1-4H3,(H3,19,20,21). The third-order valence-electron chi connectivity index (χ3n) is 3.46. The van der Waals surface area contributed by atoms with Crippen LogP contribution >= 0.6 is 0 Å². The van der Waals surface area contributed by atoms with Gasteiger partial charge in [-0.3, -0.25) is 0 Å². The summed E-state index contributed by atoms with van der Waals surface area (Å²) in [6.07, 6.45) is 3.45. The summed E-state index contributed by atoms with van der Waals surface area (Å²) in [5.74, 6) is 0.970. The zero-order valence-electron chi connectivity index (χ0n) is 14.0. The Bertz CT molecular complexity index is 489. The van der Waals surface area contributed by atoms with Gasteiger partial charge in [0, 0.05) is 6.04 Å². The summed E-state index contributed by atoms with van der Waals surface area (Å²) in [5, 5.41) is 3.17. The van der Waals surface area contributed by atoms with E-state index in [-0.39, 0.29) is 17.6 Å². The molecule has 0 aromatic heterocycles. The Morgan fingerprint density at radius 2 is 2.05 bits per heavy atom. The van der Waals surface area contributed by atoms with Crippen LogP contribution in [-0.2, 0) is 6.54 Å². The van der Waals surface area contributed by atoms with Crippen LogP contribution in [0.2, 0.25) is 0 Å². The first-order valence-corrected chi connectivity index (χ1v) is 7.81. The molecule has 22 heavy (non-hydrogen) atoms. The number of nitrogens with zero attached hydrogens (tertiary/aromatic N) is 1. The molecule has 1 unspecified atom stereocenters. The minimum absolute atomic E-state index is 0.234. The average Bonchev–Trinajstić information content (AvgIpc) is 2.44. The zero-order valence-corrected chi connectivity index (χ0v) is 14.0. The molecule has 1 aromatic rings. The highest BCUT2D eigenvalue weighted by atomic mass is 19.1. The zero-order chi connectivity index (χ0) is 16.5. The fourth-order valence-electron chi connectivity index (χ4n) is 2.19. The molecule has 1 rings (SSSR count). The monoisotopic (exact) mass is 309 g/mol. The number of nitrogens with one attached hydrogen (secondary N) is 1. The highest BCUT2D eigenvalue weighted by molar-refractivity contribution is 5.78. The third-order valence-corrected chi connectivity index (χ3v) is 3.46. The molecule has 0 spiro atoms. The fraction of sp³-hybridized carbons (Fsp3) is 0.588. The Labute approximate surface area is 133 Å². The van der Waals surface area contributed by atoms with Gasteiger partial charge in [-0.05, 0) is 37.0 Å². The summed E-state index contributed by atoms with van der Waals surface area (Å²) in [6.45, 7) is 6.89. The summed E-state index contributed by atoms with van der Waals surface area (Å²) in [6, 6.07) is 5.08. The van der Waals surface area contributed by atoms with Crippen molar-refractivity contribution in [3.05, 3.63) is 29.6 Å². The second-order valence-electron chi connectivity index (χ2n) is 6.04. The van der Waals surface area contributed by atoms with Crippen LogP contribution in [0.4, 0.5) is 4.39 Å². The molecule has 0 aliphatic rings. The number of aliphatic imine (C=N–C) groups is 1. The molecule has 0 bridgehead atoms. The number of benzene rings is 1. The molecule has 1 atom stereocenters. The molecule has 0 aliphatic heterocycles. The van der Waals surface area contributed by atoms with Gasteiger partial charge < -0.3 is 15.8 Å². The van der Waals surface area contributed by atoms with Crippen LogP contribution < -0.4 is 15.8 Å². The number of halogens is 1. The Hall–Kier alpha value is -1.78. The number of hydrogen-bond acceptors (Lipinski definition) is 2. The molecule has 0 saturated carbocycles. The molecule has 0 fully saturated rings. The lowest BCUT2D eigenvalue weighted by atomic mass is 10.0. The number of rotatable bonds is 8. The molecule has 124 valence electrons. The predicted molar refractivity (Wildman–Crippen MR) is 89.6 cm³/mol. The molecule has 0 amide bonds. The smallest absolute Gasteiger partial charge is 0.189 e. The van der Waals surface area contributed by atoms with E-state index in [1.807, 2.05) is 0 Å². The maximum atomic E-state index is 13.6. The largest absolute Gasteiger partial charge is 0.494 e. The van der Waals surface area contributed by atoms with Crippen molar-refractivity contribution in [2.45, 2.75) is 52.6 Å². The van der Waals surface area contributed by atoms with E-state index in [9.17, 15) is 4.39 Å². The van der Waals surface area contributed by atoms with E-state index < -0.39 is 0 Å². The van der Waals surface area contributed by atoms with E-state index in [0.717, 1.165) is 17.9 Å². The van der Waals surface area contributed by atoms with E-state index in [4.69, 9.17) is 10.5 Å². The van der Waals surface area contributed by atoms with Gasteiger partial charge in [-0.1, -0.05) is 32.8 Å². The van der Waals surface area contributed by atoms with Crippen LogP contribution in [0.15, 0.2) is 23.2 Å². The second kappa shape index (κ2) is 9.28. The van der Waals surface area contributed by atoms with Crippen LogP contribution in [0.5, 0.6) is 5.75 Å². The lowest BCUT2D eigenvalue weighted by Gasteiger charge is -2.15. The van der Waals surface area contributed by atoms with Crippen molar-refractivity contribution in [2.75, 3.05) is 7.11 Å². The Morgan fingerprint density at radius 3 is 2.64 bits per heavy atom. The van der Waals surface area contributed by atoms with Crippen molar-refractivity contribution in [2.24, 2.45) is 16.6 Å². The van der Waals surface area contributed by atoms with Crippen LogP contribution in [0.25, 0.3) is 0 Å². The van der Waals surface area contributed by atoms with Gasteiger partial charge in [-0.15, -0.1) is 0 Å². The molecule has 1 aromatic carbocycles. The summed E-state index contributed by atoms with van der Waals surface area (Å²) < 4.78 is 18.5. The van der Waals surface area contributed by atoms with Gasteiger partial charge in [-0.2, -0.15) is 0 Å². The normalized spacial score (nSPS) is 13.3. The quantitative estimate of drug-likeness (QED) is 0.571. The second-order valence-corrected chi connectivity index (χ2v) is 6.04. The van der Waals surface area contributed by atoms with Crippen molar-refractivity contribution >= 4 is 5.96 Å². The van der Waals surface area contributed by atoms with Crippen molar-refractivity contribution < 1.29 is 9.13 Å². The number of nitrogens with two attached hydrogens (primary N) is 1. The van der Waals surface area contributed by atoms with Crippen molar-refractivity contribution in [1.82, 2.24) is 5.32 Å². The first-order valence-electron chi connectivity index (χ1n) is 7.81. The maximum absolute atomic E-state index is 13.6. The third kappa shape index (κ3) is 6.78. The number of ether oxygens (including phenoxy) is 1. The highest BCUT2D eigenvalue weighted by Gasteiger charge is 2.05. The van der Waals surface area contributed by atoms with E-state index in [1.54, 1.807) is 12.1 Å². The summed E-state index contributed by atoms with van der Waals surface area (Å²) >= 11 is 0. The van der Waals surface area contributed by atoms with Crippen molar-refractivity contribution in [1.29, 1.82) is 0 Å². The molecule has 5 heteroatoms. The summed E-state index contributed by atoms with van der Waals surface area (Å²) in [7, 11) is 1.44. The SMILES string of the molecule is COc1ccc(CN=C(N)NC(C)CCCC(C)C)cc1F. The van der Waals surface area contributed by atoms with Crippen LogP contribution in [-0.4, -0.2) is 19.1 Å². The van der Waals surface area contributed by atoms with Gasteiger partial charge in [-0.25, -0.2) is 9.38 Å². The lowest BCUT2D eigenvalue weighted by molar-refractivity contribution is 0.386. The minimum atomic E-state index is -0.385. The van der Waals surface area contributed by atoms with Gasteiger partial charge in [0.15, 0.2) is 17.5 Å². The van der Waals surface area contributed by atoms with Crippen LogP contribution in [0.1, 0.15) is 45.6 Å². The molecule has 0 heterocycles. The van der Waals surface area contributed by atoms with Gasteiger partial charge in [0.2, 0.25) is 0 Å².